The van der Waals surface area contributed by atoms with Gasteiger partial charge >= 0.3 is 0 Å². The molecule has 1 aromatic heterocycles. The summed E-state index contributed by atoms with van der Waals surface area (Å²) in [7, 11) is 0. The normalized spacial score (nSPS) is 12.4. The Labute approximate surface area is 168 Å². The number of nitrogens with one attached hydrogen (secondary N) is 1. The van der Waals surface area contributed by atoms with Gasteiger partial charge in [0.05, 0.1) is 0 Å². The van der Waals surface area contributed by atoms with Gasteiger partial charge in [-0.25, -0.2) is 0 Å². The quantitative estimate of drug-likeness (QED) is 0.491. The lowest BCUT2D eigenvalue weighted by molar-refractivity contribution is 0.280. The molecule has 28 heavy (non-hydrogen) atoms. The van der Waals surface area contributed by atoms with Crippen molar-refractivity contribution >= 4 is 10.9 Å². The lowest BCUT2D eigenvalue weighted by atomic mass is 10.1. The number of aryl methyl sites for hydroxylation is 2. The SMILES string of the molecule is CCc1ccccc1OCCN[C@H](C)Cc1ccc2c(ccn2CCCO)c1. The standard InChI is InChI=1S/C24H32N2O2/c1-3-21-7-4-5-8-24(21)28-16-12-25-19(2)17-20-9-10-23-22(18-20)11-14-26(23)13-6-15-27/h4-5,7-11,14,18-19,25,27H,3,6,12-13,15-17H2,1-2H3/t19-/m1/s1. The van der Waals surface area contributed by atoms with E-state index in [4.69, 9.17) is 9.84 Å². The molecule has 0 amide bonds. The van der Waals surface area contributed by atoms with E-state index in [0.717, 1.165) is 38.1 Å². The molecule has 0 bridgehead atoms. The number of aliphatic hydroxyl groups excluding tert-OH is 1. The van der Waals surface area contributed by atoms with Crippen molar-refractivity contribution in [2.75, 3.05) is 19.8 Å². The van der Waals surface area contributed by atoms with Gasteiger partial charge in [-0.05, 0) is 67.0 Å². The minimum absolute atomic E-state index is 0.231. The average Bonchev–Trinajstić information content (AvgIpc) is 3.12. The van der Waals surface area contributed by atoms with Gasteiger partial charge in [-0.15, -0.1) is 0 Å². The Bertz CT molecular complexity index is 872. The van der Waals surface area contributed by atoms with Crippen LogP contribution in [0.5, 0.6) is 5.75 Å². The highest BCUT2D eigenvalue weighted by Crippen LogP contribution is 2.20. The molecular weight excluding hydrogens is 348 g/mol. The van der Waals surface area contributed by atoms with E-state index in [1.165, 1.54) is 22.0 Å². The van der Waals surface area contributed by atoms with Gasteiger partial charge in [0.25, 0.3) is 0 Å². The maximum atomic E-state index is 9.03. The number of nitrogens with zero attached hydrogens (tertiary/aromatic N) is 1. The maximum Gasteiger partial charge on any atom is 0.122 e. The molecule has 0 spiro atoms. The zero-order valence-corrected chi connectivity index (χ0v) is 17.0. The molecule has 0 saturated heterocycles. The molecular formula is C24H32N2O2. The fourth-order valence-corrected chi connectivity index (χ4v) is 3.64. The van der Waals surface area contributed by atoms with Gasteiger partial charge < -0.3 is 19.7 Å². The first-order valence-electron chi connectivity index (χ1n) is 10.3. The molecule has 0 saturated carbocycles. The number of aromatic nitrogens is 1. The van der Waals surface area contributed by atoms with E-state index < -0.39 is 0 Å². The summed E-state index contributed by atoms with van der Waals surface area (Å²) < 4.78 is 8.15. The Kier molecular flexibility index (Phi) is 7.52. The summed E-state index contributed by atoms with van der Waals surface area (Å²) >= 11 is 0. The van der Waals surface area contributed by atoms with E-state index in [1.54, 1.807) is 0 Å². The topological polar surface area (TPSA) is 46.4 Å². The summed E-state index contributed by atoms with van der Waals surface area (Å²) in [5.74, 6) is 0.996. The Morgan fingerprint density at radius 3 is 2.82 bits per heavy atom. The van der Waals surface area contributed by atoms with Crippen molar-refractivity contribution in [2.45, 2.75) is 45.7 Å². The number of rotatable bonds is 11. The molecule has 3 aromatic rings. The van der Waals surface area contributed by atoms with Crippen LogP contribution in [0.15, 0.2) is 54.7 Å². The molecule has 2 aromatic carbocycles. The van der Waals surface area contributed by atoms with Crippen LogP contribution in [0.4, 0.5) is 0 Å². The van der Waals surface area contributed by atoms with E-state index >= 15 is 0 Å². The van der Waals surface area contributed by atoms with Gasteiger partial charge in [0.2, 0.25) is 0 Å². The molecule has 0 aliphatic heterocycles. The van der Waals surface area contributed by atoms with Crippen molar-refractivity contribution in [3.8, 4) is 5.75 Å². The summed E-state index contributed by atoms with van der Waals surface area (Å²) in [6.07, 6.45) is 4.88. The van der Waals surface area contributed by atoms with Crippen LogP contribution in [-0.4, -0.2) is 35.5 Å². The van der Waals surface area contributed by atoms with Gasteiger partial charge in [-0.1, -0.05) is 31.2 Å². The summed E-state index contributed by atoms with van der Waals surface area (Å²) in [6, 6.07) is 17.5. The average molecular weight is 381 g/mol. The molecule has 3 rings (SSSR count). The summed E-state index contributed by atoms with van der Waals surface area (Å²) in [6.45, 7) is 6.97. The fraction of sp³-hybridized carbons (Fsp3) is 0.417. The van der Waals surface area contributed by atoms with Crippen LogP contribution in [0.1, 0.15) is 31.4 Å². The van der Waals surface area contributed by atoms with Gasteiger partial charge in [0.1, 0.15) is 12.4 Å². The molecule has 4 nitrogen and oxygen atoms in total. The van der Waals surface area contributed by atoms with E-state index in [2.05, 4.69) is 66.3 Å². The fourth-order valence-electron chi connectivity index (χ4n) is 3.64. The third-order valence-corrected chi connectivity index (χ3v) is 5.14. The molecule has 0 fully saturated rings. The van der Waals surface area contributed by atoms with E-state index in [0.29, 0.717) is 12.6 Å². The second kappa shape index (κ2) is 10.3. The number of aliphatic hydroxyl groups is 1. The molecule has 0 aliphatic carbocycles. The Morgan fingerprint density at radius 1 is 1.14 bits per heavy atom. The molecule has 1 atom stereocenters. The van der Waals surface area contributed by atoms with Gasteiger partial charge in [0, 0.05) is 37.5 Å². The summed E-state index contributed by atoms with van der Waals surface area (Å²) in [5.41, 5.74) is 3.83. The molecule has 4 heteroatoms. The van der Waals surface area contributed by atoms with E-state index in [-0.39, 0.29) is 6.61 Å². The third kappa shape index (κ3) is 5.37. The van der Waals surface area contributed by atoms with Crippen LogP contribution in [-0.2, 0) is 19.4 Å². The molecule has 2 N–H and O–H groups in total. The minimum Gasteiger partial charge on any atom is -0.492 e. The first-order chi connectivity index (χ1) is 13.7. The highest BCUT2D eigenvalue weighted by atomic mass is 16.5. The molecule has 1 heterocycles. The van der Waals surface area contributed by atoms with Crippen molar-refractivity contribution in [3.63, 3.8) is 0 Å². The zero-order valence-electron chi connectivity index (χ0n) is 17.0. The maximum absolute atomic E-state index is 9.03. The number of fused-ring (bicyclic) bond motifs is 1. The molecule has 0 unspecified atom stereocenters. The molecule has 150 valence electrons. The summed E-state index contributed by atoms with van der Waals surface area (Å²) in [5, 5.41) is 13.9. The smallest absolute Gasteiger partial charge is 0.122 e. The second-order valence-corrected chi connectivity index (χ2v) is 7.35. The van der Waals surface area contributed by atoms with Crippen molar-refractivity contribution in [1.82, 2.24) is 9.88 Å². The molecule has 0 radical (unpaired) electrons. The van der Waals surface area contributed by atoms with Crippen LogP contribution in [0.2, 0.25) is 0 Å². The largest absolute Gasteiger partial charge is 0.492 e. The van der Waals surface area contributed by atoms with Crippen molar-refractivity contribution < 1.29 is 9.84 Å². The Balaban J connectivity index is 1.47. The number of para-hydroxylation sites is 1. The van der Waals surface area contributed by atoms with E-state index in [1.807, 2.05) is 12.1 Å². The Morgan fingerprint density at radius 2 is 2.00 bits per heavy atom. The highest BCUT2D eigenvalue weighted by molar-refractivity contribution is 5.80. The van der Waals surface area contributed by atoms with Crippen molar-refractivity contribution in [3.05, 3.63) is 65.9 Å². The monoisotopic (exact) mass is 380 g/mol. The number of ether oxygens (including phenoxy) is 1. The predicted molar refractivity (Wildman–Crippen MR) is 116 cm³/mol. The summed E-state index contributed by atoms with van der Waals surface area (Å²) in [4.78, 5) is 0. The van der Waals surface area contributed by atoms with Crippen LogP contribution < -0.4 is 10.1 Å². The van der Waals surface area contributed by atoms with Crippen LogP contribution in [0.25, 0.3) is 10.9 Å². The van der Waals surface area contributed by atoms with Crippen LogP contribution >= 0.6 is 0 Å². The highest BCUT2D eigenvalue weighted by Gasteiger charge is 2.07. The second-order valence-electron chi connectivity index (χ2n) is 7.35. The lowest BCUT2D eigenvalue weighted by Crippen LogP contribution is -2.31. The first kappa shape index (κ1) is 20.4. The first-order valence-corrected chi connectivity index (χ1v) is 10.3. The van der Waals surface area contributed by atoms with Gasteiger partial charge in [0.15, 0.2) is 0 Å². The van der Waals surface area contributed by atoms with E-state index in [9.17, 15) is 0 Å². The predicted octanol–water partition coefficient (Wildman–Crippen LogP) is 4.19. The minimum atomic E-state index is 0.231. The van der Waals surface area contributed by atoms with Gasteiger partial charge in [-0.3, -0.25) is 0 Å². The van der Waals surface area contributed by atoms with Crippen LogP contribution in [0.3, 0.4) is 0 Å². The number of hydrogen-bond donors (Lipinski definition) is 2. The molecule has 0 aliphatic rings. The van der Waals surface area contributed by atoms with Crippen molar-refractivity contribution in [2.24, 2.45) is 0 Å². The number of hydrogen-bond acceptors (Lipinski definition) is 3. The van der Waals surface area contributed by atoms with Crippen LogP contribution in [0, 0.1) is 0 Å². The lowest BCUT2D eigenvalue weighted by Gasteiger charge is -2.15. The van der Waals surface area contributed by atoms with Crippen molar-refractivity contribution in [1.29, 1.82) is 0 Å². The zero-order chi connectivity index (χ0) is 19.8. The van der Waals surface area contributed by atoms with Gasteiger partial charge in [-0.2, -0.15) is 0 Å². The third-order valence-electron chi connectivity index (χ3n) is 5.14. The number of benzene rings is 2. The Hall–Kier alpha value is -2.30.